The highest BCUT2D eigenvalue weighted by molar-refractivity contribution is 7.80. The summed E-state index contributed by atoms with van der Waals surface area (Å²) in [6, 6.07) is 8.33. The number of nitrogens with zero attached hydrogens (tertiary/aromatic N) is 4. The van der Waals surface area contributed by atoms with Crippen LogP contribution in [-0.4, -0.2) is 50.9 Å². The van der Waals surface area contributed by atoms with E-state index in [9.17, 15) is 0 Å². The molecule has 1 N–H and O–H groups in total. The highest BCUT2D eigenvalue weighted by atomic mass is 32.1. The summed E-state index contributed by atoms with van der Waals surface area (Å²) in [7, 11) is 2.01. The van der Waals surface area contributed by atoms with E-state index >= 15 is 0 Å². The van der Waals surface area contributed by atoms with Crippen molar-refractivity contribution in [3.05, 3.63) is 46.8 Å². The first-order valence-electron chi connectivity index (χ1n) is 8.78. The smallest absolute Gasteiger partial charge is 0.173 e. The summed E-state index contributed by atoms with van der Waals surface area (Å²) in [5, 5.41) is 8.70. The van der Waals surface area contributed by atoms with Crippen LogP contribution in [0.5, 0.6) is 0 Å². The normalized spacial score (nSPS) is 15.4. The lowest BCUT2D eigenvalue weighted by Gasteiger charge is -2.36. The summed E-state index contributed by atoms with van der Waals surface area (Å²) in [5.74, 6) is 0. The van der Waals surface area contributed by atoms with Crippen molar-refractivity contribution >= 4 is 23.0 Å². The lowest BCUT2D eigenvalue weighted by atomic mass is 10.1. The van der Waals surface area contributed by atoms with Crippen LogP contribution in [0.3, 0.4) is 0 Å². The van der Waals surface area contributed by atoms with Gasteiger partial charge in [-0.15, -0.1) is 0 Å². The highest BCUT2D eigenvalue weighted by Crippen LogP contribution is 2.17. The average molecular weight is 358 g/mol. The Labute approximate surface area is 155 Å². The van der Waals surface area contributed by atoms with Crippen LogP contribution in [0.1, 0.15) is 22.5 Å². The van der Waals surface area contributed by atoms with E-state index in [0.717, 1.165) is 49.2 Å². The van der Waals surface area contributed by atoms with Gasteiger partial charge in [-0.2, -0.15) is 5.10 Å². The topological polar surface area (TPSA) is 36.3 Å². The number of benzene rings is 1. The van der Waals surface area contributed by atoms with Gasteiger partial charge in [0, 0.05) is 56.7 Å². The number of piperazine rings is 1. The molecule has 25 heavy (non-hydrogen) atoms. The molecule has 3 rings (SSSR count). The molecule has 5 nitrogen and oxygen atoms in total. The van der Waals surface area contributed by atoms with Crippen LogP contribution in [0.15, 0.2) is 24.3 Å². The minimum absolute atomic E-state index is 0.819. The Morgan fingerprint density at radius 1 is 1.16 bits per heavy atom. The molecular weight excluding hydrogens is 330 g/mol. The van der Waals surface area contributed by atoms with Crippen molar-refractivity contribution in [1.29, 1.82) is 0 Å². The van der Waals surface area contributed by atoms with Gasteiger partial charge in [-0.25, -0.2) is 0 Å². The van der Waals surface area contributed by atoms with Crippen molar-refractivity contribution < 1.29 is 0 Å². The van der Waals surface area contributed by atoms with Gasteiger partial charge in [0.25, 0.3) is 0 Å². The zero-order chi connectivity index (χ0) is 18.0. The number of hydrogen-bond donors (Lipinski definition) is 1. The molecule has 0 amide bonds. The number of thiocarbonyl (C=S) groups is 1. The second-order valence-corrected chi connectivity index (χ2v) is 7.22. The van der Waals surface area contributed by atoms with Crippen LogP contribution in [0.4, 0.5) is 5.69 Å². The summed E-state index contributed by atoms with van der Waals surface area (Å²) < 4.78 is 1.97. The molecule has 1 aromatic heterocycles. The quantitative estimate of drug-likeness (QED) is 0.855. The van der Waals surface area contributed by atoms with Gasteiger partial charge in [-0.3, -0.25) is 9.58 Å². The van der Waals surface area contributed by atoms with E-state index in [2.05, 4.69) is 65.3 Å². The van der Waals surface area contributed by atoms with Crippen LogP contribution < -0.4 is 5.32 Å². The largest absolute Gasteiger partial charge is 0.346 e. The Morgan fingerprint density at radius 2 is 1.88 bits per heavy atom. The Bertz CT molecular complexity index is 759. The van der Waals surface area contributed by atoms with E-state index in [1.165, 1.54) is 16.8 Å². The first-order valence-corrected chi connectivity index (χ1v) is 9.19. The molecule has 0 bridgehead atoms. The first-order chi connectivity index (χ1) is 11.9. The summed E-state index contributed by atoms with van der Waals surface area (Å²) in [6.07, 6.45) is 0. The summed E-state index contributed by atoms with van der Waals surface area (Å²) in [5.41, 5.74) is 6.06. The maximum atomic E-state index is 5.60. The lowest BCUT2D eigenvalue weighted by molar-refractivity contribution is 0.176. The van der Waals surface area contributed by atoms with Gasteiger partial charge in [0.2, 0.25) is 0 Å². The first kappa shape index (κ1) is 17.9. The standard InChI is InChI=1S/C19H27N5S/c1-14-6-5-7-17(12-14)20-19(25)24-10-8-23(9-11-24)13-18-15(2)21-22(4)16(18)3/h5-7,12H,8-11,13H2,1-4H3,(H,20,25). The Kier molecular flexibility index (Phi) is 5.39. The van der Waals surface area contributed by atoms with E-state index in [-0.39, 0.29) is 0 Å². The molecule has 1 aromatic carbocycles. The van der Waals surface area contributed by atoms with Crippen LogP contribution in [0.2, 0.25) is 0 Å². The fourth-order valence-corrected chi connectivity index (χ4v) is 3.60. The third kappa shape index (κ3) is 4.19. The predicted octanol–water partition coefficient (Wildman–Crippen LogP) is 2.86. The Balaban J connectivity index is 1.54. The molecule has 134 valence electrons. The monoisotopic (exact) mass is 357 g/mol. The summed E-state index contributed by atoms with van der Waals surface area (Å²) in [4.78, 5) is 4.75. The minimum atomic E-state index is 0.819. The average Bonchev–Trinajstić information content (AvgIpc) is 2.82. The van der Waals surface area contributed by atoms with Gasteiger partial charge in [0.1, 0.15) is 0 Å². The maximum absolute atomic E-state index is 5.60. The van der Waals surface area contributed by atoms with Gasteiger partial charge in [0.05, 0.1) is 5.69 Å². The fourth-order valence-electron chi connectivity index (χ4n) is 3.30. The number of anilines is 1. The van der Waals surface area contributed by atoms with Crippen LogP contribution in [-0.2, 0) is 13.6 Å². The summed E-state index contributed by atoms with van der Waals surface area (Å²) >= 11 is 5.60. The van der Waals surface area contributed by atoms with Gasteiger partial charge in [0.15, 0.2) is 5.11 Å². The van der Waals surface area contributed by atoms with Crippen molar-refractivity contribution in [2.75, 3.05) is 31.5 Å². The molecule has 0 unspecified atom stereocenters. The third-order valence-corrected chi connectivity index (χ3v) is 5.33. The van der Waals surface area contributed by atoms with E-state index in [1.807, 2.05) is 11.7 Å². The van der Waals surface area contributed by atoms with E-state index < -0.39 is 0 Å². The summed E-state index contributed by atoms with van der Waals surface area (Å²) in [6.45, 7) is 11.2. The Morgan fingerprint density at radius 3 is 2.48 bits per heavy atom. The van der Waals surface area contributed by atoms with Crippen molar-refractivity contribution in [2.24, 2.45) is 7.05 Å². The Hall–Kier alpha value is -1.92. The van der Waals surface area contributed by atoms with Crippen LogP contribution in [0, 0.1) is 20.8 Å². The van der Waals surface area contributed by atoms with Crippen molar-refractivity contribution in [1.82, 2.24) is 19.6 Å². The molecular formula is C19H27N5S. The molecule has 1 saturated heterocycles. The van der Waals surface area contributed by atoms with Gasteiger partial charge < -0.3 is 10.2 Å². The molecule has 2 aromatic rings. The number of nitrogens with one attached hydrogen (secondary N) is 1. The van der Waals surface area contributed by atoms with Crippen molar-refractivity contribution in [3.8, 4) is 0 Å². The van der Waals surface area contributed by atoms with Gasteiger partial charge >= 0.3 is 0 Å². The molecule has 0 radical (unpaired) electrons. The SMILES string of the molecule is Cc1cccc(NC(=S)N2CCN(Cc3c(C)nn(C)c3C)CC2)c1. The molecule has 1 aliphatic heterocycles. The molecule has 0 saturated carbocycles. The zero-order valence-electron chi connectivity index (χ0n) is 15.5. The maximum Gasteiger partial charge on any atom is 0.173 e. The van der Waals surface area contributed by atoms with E-state index in [0.29, 0.717) is 0 Å². The number of hydrogen-bond acceptors (Lipinski definition) is 3. The lowest BCUT2D eigenvalue weighted by Crippen LogP contribution is -2.49. The van der Waals surface area contributed by atoms with Crippen molar-refractivity contribution in [3.63, 3.8) is 0 Å². The fraction of sp³-hybridized carbons (Fsp3) is 0.474. The minimum Gasteiger partial charge on any atom is -0.346 e. The zero-order valence-corrected chi connectivity index (χ0v) is 16.4. The molecule has 1 aliphatic rings. The molecule has 1 fully saturated rings. The van der Waals surface area contributed by atoms with Gasteiger partial charge in [-0.05, 0) is 50.7 Å². The van der Waals surface area contributed by atoms with Crippen molar-refractivity contribution in [2.45, 2.75) is 27.3 Å². The van der Waals surface area contributed by atoms with E-state index in [4.69, 9.17) is 12.2 Å². The third-order valence-electron chi connectivity index (χ3n) is 4.97. The van der Waals surface area contributed by atoms with E-state index in [1.54, 1.807) is 0 Å². The second-order valence-electron chi connectivity index (χ2n) is 6.84. The molecule has 2 heterocycles. The number of rotatable bonds is 3. The molecule has 0 atom stereocenters. The van der Waals surface area contributed by atoms with Crippen LogP contribution in [0.25, 0.3) is 0 Å². The molecule has 6 heteroatoms. The molecule has 0 aliphatic carbocycles. The van der Waals surface area contributed by atoms with Crippen LogP contribution >= 0.6 is 12.2 Å². The highest BCUT2D eigenvalue weighted by Gasteiger charge is 2.21. The van der Waals surface area contributed by atoms with Gasteiger partial charge in [-0.1, -0.05) is 12.1 Å². The molecule has 0 spiro atoms. The predicted molar refractivity (Wildman–Crippen MR) is 107 cm³/mol. The second kappa shape index (κ2) is 7.54. The number of aromatic nitrogens is 2. The number of aryl methyl sites for hydroxylation is 3.